The van der Waals surface area contributed by atoms with Gasteiger partial charge in [-0.25, -0.2) is 0 Å². The predicted octanol–water partition coefficient (Wildman–Crippen LogP) is 0.431. The van der Waals surface area contributed by atoms with Crippen molar-refractivity contribution in [1.82, 2.24) is 0 Å². The van der Waals surface area contributed by atoms with Crippen LogP contribution in [0, 0.1) is 0 Å². The zero-order valence-corrected chi connectivity index (χ0v) is 9.23. The lowest BCUT2D eigenvalue weighted by molar-refractivity contribution is -0.299. The molecule has 0 saturated heterocycles. The zero-order valence-electron chi connectivity index (χ0n) is 8.41. The molecule has 0 spiro atoms. The third-order valence-corrected chi connectivity index (χ3v) is 3.14. The third kappa shape index (κ3) is 3.11. The standard InChI is InChI=1S/C8H9F3O5S/c9-8(10,11)17(14,15)16-6-4-2-1-3-5(6)7(12)13/h1-4H2,(H,12,13)/p-1. The van der Waals surface area contributed by atoms with Gasteiger partial charge in [0.1, 0.15) is 5.76 Å². The highest BCUT2D eigenvalue weighted by atomic mass is 32.2. The van der Waals surface area contributed by atoms with Crippen LogP contribution in [0.5, 0.6) is 0 Å². The molecule has 1 aliphatic rings. The Labute approximate surface area is 95.0 Å². The fourth-order valence-corrected chi connectivity index (χ4v) is 1.91. The molecule has 0 saturated carbocycles. The monoisotopic (exact) mass is 273 g/mol. The lowest BCUT2D eigenvalue weighted by Gasteiger charge is -2.21. The van der Waals surface area contributed by atoms with Crippen molar-refractivity contribution in [3.63, 3.8) is 0 Å². The molecule has 0 heterocycles. The molecule has 0 aromatic heterocycles. The van der Waals surface area contributed by atoms with E-state index in [9.17, 15) is 31.5 Å². The van der Waals surface area contributed by atoms with E-state index in [1.165, 1.54) is 0 Å². The van der Waals surface area contributed by atoms with E-state index in [0.717, 1.165) is 0 Å². The highest BCUT2D eigenvalue weighted by Crippen LogP contribution is 2.32. The molecule has 0 amide bonds. The third-order valence-electron chi connectivity index (χ3n) is 2.16. The summed E-state index contributed by atoms with van der Waals surface area (Å²) < 4.78 is 61.3. The van der Waals surface area contributed by atoms with E-state index in [1.54, 1.807) is 0 Å². The number of carbonyl (C=O) groups is 1. The average Bonchev–Trinajstić information content (AvgIpc) is 2.15. The summed E-state index contributed by atoms with van der Waals surface area (Å²) in [5, 5.41) is 10.6. The van der Waals surface area contributed by atoms with Gasteiger partial charge in [-0.15, -0.1) is 0 Å². The summed E-state index contributed by atoms with van der Waals surface area (Å²) in [6.45, 7) is 0. The van der Waals surface area contributed by atoms with E-state index in [1.807, 2.05) is 0 Å². The summed E-state index contributed by atoms with van der Waals surface area (Å²) in [6.07, 6.45) is 0.561. The first-order valence-electron chi connectivity index (χ1n) is 4.59. The summed E-state index contributed by atoms with van der Waals surface area (Å²) >= 11 is 0. The van der Waals surface area contributed by atoms with E-state index >= 15 is 0 Å². The van der Waals surface area contributed by atoms with Crippen molar-refractivity contribution in [2.24, 2.45) is 0 Å². The normalized spacial score (nSPS) is 18.1. The van der Waals surface area contributed by atoms with Gasteiger partial charge in [0.25, 0.3) is 0 Å². The van der Waals surface area contributed by atoms with E-state index in [0.29, 0.717) is 12.8 Å². The Balaban J connectivity index is 3.05. The van der Waals surface area contributed by atoms with Gasteiger partial charge in [-0.2, -0.15) is 21.6 Å². The molecule has 0 unspecified atom stereocenters. The van der Waals surface area contributed by atoms with Crippen LogP contribution in [0.3, 0.4) is 0 Å². The molecule has 0 aromatic rings. The van der Waals surface area contributed by atoms with Crippen LogP contribution in [0.2, 0.25) is 0 Å². The number of carbonyl (C=O) groups excluding carboxylic acids is 1. The van der Waals surface area contributed by atoms with Crippen LogP contribution in [0.15, 0.2) is 11.3 Å². The number of rotatable bonds is 3. The zero-order chi connectivity index (χ0) is 13.3. The first kappa shape index (κ1) is 13.8. The number of hydrogen-bond donors (Lipinski definition) is 0. The van der Waals surface area contributed by atoms with Crippen LogP contribution in [-0.4, -0.2) is 19.9 Å². The minimum atomic E-state index is -5.81. The summed E-state index contributed by atoms with van der Waals surface area (Å²) in [6, 6.07) is 0. The summed E-state index contributed by atoms with van der Waals surface area (Å²) in [5.41, 5.74) is -6.10. The average molecular weight is 273 g/mol. The molecule has 1 aliphatic carbocycles. The van der Waals surface area contributed by atoms with Gasteiger partial charge in [0.2, 0.25) is 0 Å². The second-order valence-corrected chi connectivity index (χ2v) is 4.92. The minimum Gasteiger partial charge on any atom is -0.545 e. The van der Waals surface area contributed by atoms with Gasteiger partial charge in [0.15, 0.2) is 0 Å². The Morgan fingerprint density at radius 2 is 1.76 bits per heavy atom. The van der Waals surface area contributed by atoms with Crippen LogP contribution in [-0.2, 0) is 19.1 Å². The molecule has 0 aliphatic heterocycles. The number of hydrogen-bond acceptors (Lipinski definition) is 5. The Kier molecular flexibility index (Phi) is 3.70. The van der Waals surface area contributed by atoms with Gasteiger partial charge >= 0.3 is 15.6 Å². The molecule has 5 nitrogen and oxygen atoms in total. The van der Waals surface area contributed by atoms with Crippen molar-refractivity contribution in [2.45, 2.75) is 31.2 Å². The number of halogens is 3. The number of allylic oxidation sites excluding steroid dienone is 1. The smallest absolute Gasteiger partial charge is 0.534 e. The van der Waals surface area contributed by atoms with Crippen LogP contribution < -0.4 is 5.11 Å². The summed E-state index contributed by atoms with van der Waals surface area (Å²) in [5.74, 6) is -2.40. The van der Waals surface area contributed by atoms with Crippen LogP contribution >= 0.6 is 0 Å². The molecule has 0 atom stereocenters. The molecule has 0 bridgehead atoms. The Bertz CT molecular complexity index is 448. The van der Waals surface area contributed by atoms with Gasteiger partial charge in [-0.05, 0) is 19.3 Å². The molecule has 0 aromatic carbocycles. The topological polar surface area (TPSA) is 83.5 Å². The fraction of sp³-hybridized carbons (Fsp3) is 0.625. The molecule has 0 radical (unpaired) electrons. The fourth-order valence-electron chi connectivity index (χ4n) is 1.37. The van der Waals surface area contributed by atoms with E-state index in [4.69, 9.17) is 0 Å². The van der Waals surface area contributed by atoms with Crippen LogP contribution in [0.25, 0.3) is 0 Å². The molecular weight excluding hydrogens is 265 g/mol. The number of carboxylic acids is 1. The molecule has 98 valence electrons. The second-order valence-electron chi connectivity index (χ2n) is 3.38. The molecule has 0 fully saturated rings. The van der Waals surface area contributed by atoms with Crippen molar-refractivity contribution in [1.29, 1.82) is 0 Å². The summed E-state index contributed by atoms with van der Waals surface area (Å²) in [7, 11) is -5.81. The Morgan fingerprint density at radius 3 is 2.24 bits per heavy atom. The van der Waals surface area contributed by atoms with Gasteiger partial charge in [-0.3, -0.25) is 0 Å². The summed E-state index contributed by atoms with van der Waals surface area (Å²) in [4.78, 5) is 10.6. The molecule has 1 rings (SSSR count). The number of carboxylic acid groups (broad SMARTS) is 1. The molecule has 0 N–H and O–H groups in total. The van der Waals surface area contributed by atoms with Crippen LogP contribution in [0.1, 0.15) is 25.7 Å². The SMILES string of the molecule is O=C([O-])C1=C(OS(=O)(=O)C(F)(F)F)CCCC1. The highest BCUT2D eigenvalue weighted by Gasteiger charge is 2.49. The maximum atomic E-state index is 12.0. The van der Waals surface area contributed by atoms with Crippen LogP contribution in [0.4, 0.5) is 13.2 Å². The lowest BCUT2D eigenvalue weighted by Crippen LogP contribution is -2.30. The first-order valence-corrected chi connectivity index (χ1v) is 6.00. The van der Waals surface area contributed by atoms with Gasteiger partial charge < -0.3 is 14.1 Å². The second kappa shape index (κ2) is 4.55. The van der Waals surface area contributed by atoms with Gasteiger partial charge in [0, 0.05) is 12.0 Å². The Morgan fingerprint density at radius 1 is 1.24 bits per heavy atom. The number of aliphatic carboxylic acids is 1. The highest BCUT2D eigenvalue weighted by molar-refractivity contribution is 7.87. The maximum absolute atomic E-state index is 12.0. The largest absolute Gasteiger partial charge is 0.545 e. The van der Waals surface area contributed by atoms with Crippen molar-refractivity contribution >= 4 is 16.1 Å². The molecule has 9 heteroatoms. The maximum Gasteiger partial charge on any atom is 0.534 e. The number of alkyl halides is 3. The van der Waals surface area contributed by atoms with E-state index in [2.05, 4.69) is 4.18 Å². The van der Waals surface area contributed by atoms with E-state index < -0.39 is 32.9 Å². The predicted molar refractivity (Wildman–Crippen MR) is 46.6 cm³/mol. The lowest BCUT2D eigenvalue weighted by atomic mass is 9.98. The Hall–Kier alpha value is -1.25. The van der Waals surface area contributed by atoms with Crippen molar-refractivity contribution in [3.8, 4) is 0 Å². The van der Waals surface area contributed by atoms with E-state index in [-0.39, 0.29) is 12.8 Å². The molecule has 17 heavy (non-hydrogen) atoms. The van der Waals surface area contributed by atoms with Gasteiger partial charge in [-0.1, -0.05) is 0 Å². The van der Waals surface area contributed by atoms with Crippen molar-refractivity contribution < 1.29 is 35.7 Å². The first-order chi connectivity index (χ1) is 7.65. The molecular formula is C8H8F3O5S-. The van der Waals surface area contributed by atoms with Crippen molar-refractivity contribution in [2.75, 3.05) is 0 Å². The quantitative estimate of drug-likeness (QED) is 0.550. The van der Waals surface area contributed by atoms with Crippen molar-refractivity contribution in [3.05, 3.63) is 11.3 Å². The van der Waals surface area contributed by atoms with Gasteiger partial charge in [0.05, 0.1) is 5.97 Å². The minimum absolute atomic E-state index is 0.0644.